The van der Waals surface area contributed by atoms with Crippen LogP contribution < -0.4 is 4.90 Å². The van der Waals surface area contributed by atoms with E-state index >= 15 is 0 Å². The molecule has 0 spiro atoms. The van der Waals surface area contributed by atoms with Gasteiger partial charge in [-0.15, -0.1) is 0 Å². The van der Waals surface area contributed by atoms with E-state index < -0.39 is 0 Å². The number of anilines is 1. The van der Waals surface area contributed by atoms with Crippen molar-refractivity contribution >= 4 is 5.82 Å². The van der Waals surface area contributed by atoms with Gasteiger partial charge in [-0.25, -0.2) is 4.98 Å². The maximum Gasteiger partial charge on any atom is 0.147 e. The second-order valence-corrected chi connectivity index (χ2v) is 4.93. The summed E-state index contributed by atoms with van der Waals surface area (Å²) in [6.07, 6.45) is 8.15. The van der Waals surface area contributed by atoms with Crippen molar-refractivity contribution in [3.05, 3.63) is 18.1 Å². The lowest BCUT2D eigenvalue weighted by molar-refractivity contribution is 0.0461. The molecule has 1 aromatic rings. The van der Waals surface area contributed by atoms with E-state index in [1.807, 2.05) is 0 Å². The van der Waals surface area contributed by atoms with Gasteiger partial charge in [-0.1, -0.05) is 6.92 Å². The third-order valence-electron chi connectivity index (χ3n) is 3.41. The lowest BCUT2D eigenvalue weighted by Gasteiger charge is -2.21. The van der Waals surface area contributed by atoms with Gasteiger partial charge in [0.2, 0.25) is 0 Å². The Hall–Kier alpha value is -1.20. The second-order valence-electron chi connectivity index (χ2n) is 4.93. The lowest BCUT2D eigenvalue weighted by atomic mass is 10.2. The predicted octanol–water partition coefficient (Wildman–Crippen LogP) is 1.75. The zero-order chi connectivity index (χ0) is 13.5. The smallest absolute Gasteiger partial charge is 0.147 e. The first-order valence-corrected chi connectivity index (χ1v) is 7.11. The van der Waals surface area contributed by atoms with Gasteiger partial charge in [0.1, 0.15) is 5.82 Å². The summed E-state index contributed by atoms with van der Waals surface area (Å²) in [6, 6.07) is 0. The van der Waals surface area contributed by atoms with Crippen molar-refractivity contribution in [2.75, 3.05) is 24.6 Å². The fraction of sp³-hybridized carbons (Fsp3) is 0.714. The van der Waals surface area contributed by atoms with Crippen molar-refractivity contribution in [2.24, 2.45) is 0 Å². The Kier molecular flexibility index (Phi) is 5.54. The number of aliphatic hydroxyl groups excluding tert-OH is 1. The van der Waals surface area contributed by atoms with Crippen LogP contribution in [0.15, 0.2) is 12.4 Å². The van der Waals surface area contributed by atoms with E-state index in [0.717, 1.165) is 51.2 Å². The molecule has 2 rings (SSSR count). The van der Waals surface area contributed by atoms with E-state index in [0.29, 0.717) is 11.8 Å². The molecule has 0 amide bonds. The van der Waals surface area contributed by atoms with E-state index in [2.05, 4.69) is 21.8 Å². The third kappa shape index (κ3) is 4.14. The highest BCUT2D eigenvalue weighted by Crippen LogP contribution is 2.18. The van der Waals surface area contributed by atoms with Crippen LogP contribution in [0.2, 0.25) is 0 Å². The molecule has 1 aliphatic rings. The summed E-state index contributed by atoms with van der Waals surface area (Å²) >= 11 is 0. The van der Waals surface area contributed by atoms with Crippen LogP contribution in [0.4, 0.5) is 5.82 Å². The first kappa shape index (κ1) is 14.2. The normalized spacial score (nSPS) is 20.3. The molecular formula is C14H23N3O2. The largest absolute Gasteiger partial charge is 0.390 e. The van der Waals surface area contributed by atoms with Gasteiger partial charge >= 0.3 is 0 Å². The molecule has 5 nitrogen and oxygen atoms in total. The predicted molar refractivity (Wildman–Crippen MR) is 74.0 cm³/mol. The average Bonchev–Trinajstić information content (AvgIpc) is 2.71. The summed E-state index contributed by atoms with van der Waals surface area (Å²) in [5.74, 6) is 0.897. The van der Waals surface area contributed by atoms with Crippen LogP contribution >= 0.6 is 0 Å². The summed E-state index contributed by atoms with van der Waals surface area (Å²) < 4.78 is 5.84. The Balaban J connectivity index is 1.90. The molecule has 19 heavy (non-hydrogen) atoms. The summed E-state index contributed by atoms with van der Waals surface area (Å²) in [4.78, 5) is 10.8. The molecule has 0 saturated carbocycles. The number of aliphatic hydroxyl groups is 1. The van der Waals surface area contributed by atoms with Crippen LogP contribution in [-0.4, -0.2) is 40.9 Å². The van der Waals surface area contributed by atoms with E-state index in [9.17, 15) is 0 Å². The molecule has 5 heteroatoms. The minimum Gasteiger partial charge on any atom is -0.390 e. The quantitative estimate of drug-likeness (QED) is 0.879. The second kappa shape index (κ2) is 7.40. The van der Waals surface area contributed by atoms with Gasteiger partial charge in [0.15, 0.2) is 0 Å². The van der Waals surface area contributed by atoms with Crippen LogP contribution in [0.25, 0.3) is 0 Å². The summed E-state index contributed by atoms with van der Waals surface area (Å²) in [7, 11) is 0. The molecule has 1 fully saturated rings. The molecule has 1 aliphatic heterocycles. The van der Waals surface area contributed by atoms with E-state index in [-0.39, 0.29) is 6.61 Å². The fourth-order valence-electron chi connectivity index (χ4n) is 2.34. The van der Waals surface area contributed by atoms with Crippen molar-refractivity contribution < 1.29 is 9.84 Å². The van der Waals surface area contributed by atoms with Crippen molar-refractivity contribution in [3.63, 3.8) is 0 Å². The molecule has 0 radical (unpaired) electrons. The molecule has 1 saturated heterocycles. The molecule has 1 aromatic heterocycles. The van der Waals surface area contributed by atoms with Gasteiger partial charge in [-0.2, -0.15) is 0 Å². The number of rotatable bonds is 5. The highest BCUT2D eigenvalue weighted by atomic mass is 16.5. The Morgan fingerprint density at radius 1 is 1.32 bits per heavy atom. The molecule has 0 aliphatic carbocycles. The highest BCUT2D eigenvalue weighted by Gasteiger charge is 2.18. The van der Waals surface area contributed by atoms with E-state index in [1.54, 1.807) is 12.4 Å². The van der Waals surface area contributed by atoms with Gasteiger partial charge in [0.25, 0.3) is 0 Å². The minimum atomic E-state index is -0.0553. The number of ether oxygens (including phenoxy) is 1. The monoisotopic (exact) mass is 265 g/mol. The van der Waals surface area contributed by atoms with Gasteiger partial charge in [-0.3, -0.25) is 4.98 Å². The molecule has 1 N–H and O–H groups in total. The Morgan fingerprint density at radius 3 is 2.89 bits per heavy atom. The van der Waals surface area contributed by atoms with Crippen molar-refractivity contribution in [1.29, 1.82) is 0 Å². The number of aromatic nitrogens is 2. The maximum atomic E-state index is 8.97. The number of hydrogen-bond donors (Lipinski definition) is 1. The minimum absolute atomic E-state index is 0.0553. The number of nitrogens with zero attached hydrogens (tertiary/aromatic N) is 3. The van der Waals surface area contributed by atoms with Gasteiger partial charge < -0.3 is 14.7 Å². The zero-order valence-corrected chi connectivity index (χ0v) is 11.6. The number of hydrogen-bond acceptors (Lipinski definition) is 5. The highest BCUT2D eigenvalue weighted by molar-refractivity contribution is 5.35. The Morgan fingerprint density at radius 2 is 2.21 bits per heavy atom. The average molecular weight is 265 g/mol. The molecule has 106 valence electrons. The van der Waals surface area contributed by atoms with Crippen molar-refractivity contribution in [1.82, 2.24) is 9.97 Å². The summed E-state index contributed by atoms with van der Waals surface area (Å²) in [5.41, 5.74) is 0.614. The van der Waals surface area contributed by atoms with E-state index in [1.165, 1.54) is 0 Å². The topological polar surface area (TPSA) is 58.5 Å². The first-order chi connectivity index (χ1) is 9.33. The van der Waals surface area contributed by atoms with Crippen LogP contribution in [0, 0.1) is 0 Å². The van der Waals surface area contributed by atoms with Crippen LogP contribution in [-0.2, 0) is 11.3 Å². The molecule has 2 heterocycles. The molecular weight excluding hydrogens is 242 g/mol. The molecule has 1 atom stereocenters. The van der Waals surface area contributed by atoms with Crippen LogP contribution in [0.3, 0.4) is 0 Å². The molecule has 0 aromatic carbocycles. The van der Waals surface area contributed by atoms with Crippen LogP contribution in [0.1, 0.15) is 38.3 Å². The summed E-state index contributed by atoms with van der Waals surface area (Å²) in [5, 5.41) is 8.97. The van der Waals surface area contributed by atoms with Gasteiger partial charge in [0.05, 0.1) is 30.8 Å². The van der Waals surface area contributed by atoms with Gasteiger partial charge in [0, 0.05) is 19.7 Å². The molecule has 1 unspecified atom stereocenters. The Bertz CT molecular complexity index is 369. The zero-order valence-electron chi connectivity index (χ0n) is 11.6. The fourth-order valence-corrected chi connectivity index (χ4v) is 2.34. The SMILES string of the molecule is CCCOC1CCCN(c2cnc(CO)cn2)CC1. The third-order valence-corrected chi connectivity index (χ3v) is 3.41. The van der Waals surface area contributed by atoms with Gasteiger partial charge in [-0.05, 0) is 25.7 Å². The molecule has 0 bridgehead atoms. The lowest BCUT2D eigenvalue weighted by Crippen LogP contribution is -2.26. The first-order valence-electron chi connectivity index (χ1n) is 7.11. The maximum absolute atomic E-state index is 8.97. The van der Waals surface area contributed by atoms with Crippen molar-refractivity contribution in [2.45, 2.75) is 45.3 Å². The summed E-state index contributed by atoms with van der Waals surface area (Å²) in [6.45, 7) is 4.90. The standard InChI is InChI=1S/C14H23N3O2/c1-2-8-19-13-4-3-6-17(7-5-13)14-10-15-12(11-18)9-16-14/h9-10,13,18H,2-8,11H2,1H3. The van der Waals surface area contributed by atoms with Crippen LogP contribution in [0.5, 0.6) is 0 Å². The van der Waals surface area contributed by atoms with E-state index in [4.69, 9.17) is 9.84 Å². The Labute approximate surface area is 114 Å². The van der Waals surface area contributed by atoms with Crippen molar-refractivity contribution in [3.8, 4) is 0 Å².